The maximum absolute atomic E-state index is 11.3. The summed E-state index contributed by atoms with van der Waals surface area (Å²) < 4.78 is 0. The Kier molecular flexibility index (Phi) is 1.90. The van der Waals surface area contributed by atoms with Gasteiger partial charge in [-0.1, -0.05) is 0 Å². The predicted octanol–water partition coefficient (Wildman–Crippen LogP) is -1.65. The highest BCUT2D eigenvalue weighted by Gasteiger charge is 2.32. The molecule has 0 radical (unpaired) electrons. The van der Waals surface area contributed by atoms with Gasteiger partial charge in [-0.2, -0.15) is 0 Å². The van der Waals surface area contributed by atoms with E-state index in [2.05, 4.69) is 21.2 Å². The minimum atomic E-state index is -0.344. The Morgan fingerprint density at radius 3 is 3.46 bits per heavy atom. The number of amides is 1. The zero-order chi connectivity index (χ0) is 9.26. The zero-order valence-electron chi connectivity index (χ0n) is 7.24. The number of likely N-dealkylation sites (N-methyl/N-ethyl adjacent to an activating group) is 1. The lowest BCUT2D eigenvalue weighted by molar-refractivity contribution is -0.125. The summed E-state index contributed by atoms with van der Waals surface area (Å²) in [6, 6.07) is 0. The molecule has 1 unspecified atom stereocenters. The van der Waals surface area contributed by atoms with E-state index in [0.29, 0.717) is 6.54 Å². The largest absolute Gasteiger partial charge is 0.356 e. The number of nitrogens with one attached hydrogen (secondary N) is 3. The quantitative estimate of drug-likeness (QED) is 0.453. The van der Waals surface area contributed by atoms with Crippen LogP contribution in [0.4, 0.5) is 0 Å². The van der Waals surface area contributed by atoms with Crippen molar-refractivity contribution in [1.29, 1.82) is 0 Å². The first-order valence-corrected chi connectivity index (χ1v) is 4.04. The molecule has 0 spiro atoms. The molecule has 2 heterocycles. The van der Waals surface area contributed by atoms with Gasteiger partial charge >= 0.3 is 0 Å². The van der Waals surface area contributed by atoms with Gasteiger partial charge in [-0.05, 0) is 0 Å². The molecular weight excluding hydrogens is 170 g/mol. The van der Waals surface area contributed by atoms with Crippen molar-refractivity contribution >= 4 is 12.1 Å². The number of hydrogen-bond donors (Lipinski definition) is 3. The average molecular weight is 181 g/mol. The van der Waals surface area contributed by atoms with Gasteiger partial charge in [0, 0.05) is 13.3 Å². The molecule has 2 rings (SSSR count). The topological polar surface area (TPSA) is 68.8 Å². The molecule has 1 atom stereocenters. The third kappa shape index (κ3) is 1.25. The van der Waals surface area contributed by atoms with E-state index in [1.807, 2.05) is 4.90 Å². The fourth-order valence-corrected chi connectivity index (χ4v) is 1.34. The normalized spacial score (nSPS) is 24.8. The van der Waals surface area contributed by atoms with Gasteiger partial charge in [0.1, 0.15) is 5.82 Å². The highest BCUT2D eigenvalue weighted by molar-refractivity contribution is 5.82. The van der Waals surface area contributed by atoms with E-state index in [1.54, 1.807) is 19.5 Å². The van der Waals surface area contributed by atoms with E-state index in [9.17, 15) is 4.79 Å². The van der Waals surface area contributed by atoms with Crippen LogP contribution in [0.15, 0.2) is 17.0 Å². The van der Waals surface area contributed by atoms with E-state index in [-0.39, 0.29) is 12.1 Å². The van der Waals surface area contributed by atoms with Crippen molar-refractivity contribution in [3.8, 4) is 0 Å². The highest BCUT2D eigenvalue weighted by Crippen LogP contribution is 2.12. The van der Waals surface area contributed by atoms with Crippen molar-refractivity contribution in [2.24, 2.45) is 4.99 Å². The zero-order valence-corrected chi connectivity index (χ0v) is 7.24. The average Bonchev–Trinajstić information content (AvgIpc) is 2.60. The van der Waals surface area contributed by atoms with E-state index < -0.39 is 0 Å². The Balaban J connectivity index is 2.14. The summed E-state index contributed by atoms with van der Waals surface area (Å²) >= 11 is 0. The van der Waals surface area contributed by atoms with Crippen molar-refractivity contribution in [2.75, 3.05) is 13.6 Å². The Hall–Kier alpha value is -1.56. The number of hydrogen-bond acceptors (Lipinski definition) is 5. The summed E-state index contributed by atoms with van der Waals surface area (Å²) in [4.78, 5) is 17.2. The van der Waals surface area contributed by atoms with Gasteiger partial charge < -0.3 is 15.6 Å². The molecular formula is C7H11N5O. The number of carbonyl (C=O) groups is 1. The van der Waals surface area contributed by atoms with Crippen molar-refractivity contribution in [3.05, 3.63) is 12.0 Å². The van der Waals surface area contributed by atoms with Crippen LogP contribution >= 0.6 is 0 Å². The van der Waals surface area contributed by atoms with Gasteiger partial charge in [0.2, 0.25) is 0 Å². The number of rotatable bonds is 1. The first kappa shape index (κ1) is 8.06. The second-order valence-electron chi connectivity index (χ2n) is 2.78. The lowest BCUT2D eigenvalue weighted by atomic mass is 10.4. The monoisotopic (exact) mass is 181 g/mol. The van der Waals surface area contributed by atoms with Gasteiger partial charge in [0.15, 0.2) is 6.17 Å². The molecule has 3 N–H and O–H groups in total. The second-order valence-corrected chi connectivity index (χ2v) is 2.78. The molecule has 1 amide bonds. The van der Waals surface area contributed by atoms with Crippen LogP contribution in [0.2, 0.25) is 0 Å². The van der Waals surface area contributed by atoms with Crippen LogP contribution in [-0.2, 0) is 4.79 Å². The van der Waals surface area contributed by atoms with Gasteiger partial charge in [-0.25, -0.2) is 5.43 Å². The maximum Gasteiger partial charge on any atom is 0.259 e. The minimum absolute atomic E-state index is 0.0637. The Morgan fingerprint density at radius 2 is 2.69 bits per heavy atom. The first-order chi connectivity index (χ1) is 6.33. The first-order valence-electron chi connectivity index (χ1n) is 4.04. The Bertz CT molecular complexity index is 285. The molecule has 2 aliphatic rings. The SMILES string of the molecule is CNC(=O)C1NNC2=CN=CCN21. The van der Waals surface area contributed by atoms with E-state index >= 15 is 0 Å². The van der Waals surface area contributed by atoms with Gasteiger partial charge in [-0.3, -0.25) is 9.79 Å². The molecule has 0 aromatic carbocycles. The Morgan fingerprint density at radius 1 is 1.85 bits per heavy atom. The molecule has 2 aliphatic heterocycles. The smallest absolute Gasteiger partial charge is 0.259 e. The standard InChI is InChI=1S/C7H11N5O/c1-8-7(13)6-11-10-5-4-9-2-3-12(5)6/h2,4,6,10-11H,3H2,1H3,(H,8,13). The minimum Gasteiger partial charge on any atom is -0.356 e. The summed E-state index contributed by atoms with van der Waals surface area (Å²) in [5, 5.41) is 2.59. The number of carbonyl (C=O) groups excluding carboxylic acids is 1. The van der Waals surface area contributed by atoms with Crippen LogP contribution < -0.4 is 16.2 Å². The van der Waals surface area contributed by atoms with E-state index in [4.69, 9.17) is 0 Å². The maximum atomic E-state index is 11.3. The van der Waals surface area contributed by atoms with Crippen LogP contribution in [0.3, 0.4) is 0 Å². The van der Waals surface area contributed by atoms with Crippen LogP contribution in [-0.4, -0.2) is 36.8 Å². The molecule has 1 fully saturated rings. The Labute approximate surface area is 75.7 Å². The van der Waals surface area contributed by atoms with Gasteiger partial charge in [0.05, 0.1) is 12.7 Å². The molecule has 0 aliphatic carbocycles. The van der Waals surface area contributed by atoms with Crippen molar-refractivity contribution in [3.63, 3.8) is 0 Å². The number of nitrogens with zero attached hydrogens (tertiary/aromatic N) is 2. The summed E-state index contributed by atoms with van der Waals surface area (Å²) in [6.45, 7) is 0.643. The fraction of sp³-hybridized carbons (Fsp3) is 0.429. The van der Waals surface area contributed by atoms with Crippen LogP contribution in [0.1, 0.15) is 0 Å². The molecule has 6 heteroatoms. The number of hydrazine groups is 1. The summed E-state index contributed by atoms with van der Waals surface area (Å²) in [5.41, 5.74) is 5.75. The van der Waals surface area contributed by atoms with Crippen LogP contribution in [0.25, 0.3) is 0 Å². The predicted molar refractivity (Wildman–Crippen MR) is 47.4 cm³/mol. The van der Waals surface area contributed by atoms with Crippen LogP contribution in [0.5, 0.6) is 0 Å². The summed E-state index contributed by atoms with van der Waals surface area (Å²) in [7, 11) is 1.61. The molecule has 0 saturated carbocycles. The van der Waals surface area contributed by atoms with Crippen molar-refractivity contribution in [1.82, 2.24) is 21.1 Å². The second kappa shape index (κ2) is 3.06. The van der Waals surface area contributed by atoms with Gasteiger partial charge in [0.25, 0.3) is 5.91 Å². The molecule has 0 aromatic rings. The number of aliphatic imine (C=N–C) groups is 1. The molecule has 6 nitrogen and oxygen atoms in total. The lowest BCUT2D eigenvalue weighted by Crippen LogP contribution is -2.48. The third-order valence-electron chi connectivity index (χ3n) is 2.03. The molecule has 0 aromatic heterocycles. The van der Waals surface area contributed by atoms with Gasteiger partial charge in [-0.15, -0.1) is 0 Å². The molecule has 70 valence electrons. The fourth-order valence-electron chi connectivity index (χ4n) is 1.34. The number of fused-ring (bicyclic) bond motifs is 1. The molecule has 1 saturated heterocycles. The van der Waals surface area contributed by atoms with E-state index in [1.165, 1.54) is 0 Å². The van der Waals surface area contributed by atoms with Crippen LogP contribution in [0, 0.1) is 0 Å². The van der Waals surface area contributed by atoms with Crippen molar-refractivity contribution < 1.29 is 4.79 Å². The molecule has 13 heavy (non-hydrogen) atoms. The molecule has 0 bridgehead atoms. The van der Waals surface area contributed by atoms with Crippen molar-refractivity contribution in [2.45, 2.75) is 6.17 Å². The third-order valence-corrected chi connectivity index (χ3v) is 2.03. The summed E-state index contributed by atoms with van der Waals surface area (Å²) in [5.74, 6) is 0.766. The van der Waals surface area contributed by atoms with E-state index in [0.717, 1.165) is 5.82 Å². The lowest BCUT2D eigenvalue weighted by Gasteiger charge is -2.23. The highest BCUT2D eigenvalue weighted by atomic mass is 16.2. The summed E-state index contributed by atoms with van der Waals surface area (Å²) in [6.07, 6.45) is 3.09.